The fourth-order valence-electron chi connectivity index (χ4n) is 6.16. The summed E-state index contributed by atoms with van der Waals surface area (Å²) < 4.78 is 9.37. The van der Waals surface area contributed by atoms with Gasteiger partial charge in [-0.3, -0.25) is 9.48 Å². The first kappa shape index (κ1) is 26.7. The number of benzene rings is 1. The van der Waals surface area contributed by atoms with Gasteiger partial charge in [-0.1, -0.05) is 25.3 Å². The summed E-state index contributed by atoms with van der Waals surface area (Å²) in [5, 5.41) is 15.7. The van der Waals surface area contributed by atoms with Gasteiger partial charge in [-0.2, -0.15) is 5.10 Å². The Morgan fingerprint density at radius 1 is 1.02 bits per heavy atom. The molecule has 0 unspecified atom stereocenters. The second-order valence-corrected chi connectivity index (χ2v) is 11.9. The number of ether oxygens (including phenoxy) is 1. The molecule has 9 heteroatoms. The van der Waals surface area contributed by atoms with E-state index in [1.165, 1.54) is 32.1 Å². The molecule has 4 aromatic rings. The molecule has 1 aromatic carbocycles. The first-order chi connectivity index (χ1) is 19.2. The summed E-state index contributed by atoms with van der Waals surface area (Å²) in [5.74, 6) is 2.11. The van der Waals surface area contributed by atoms with Crippen molar-refractivity contribution in [3.63, 3.8) is 0 Å². The zero-order chi connectivity index (χ0) is 27.9. The Hall–Kier alpha value is -3.56. The highest BCUT2D eigenvalue weighted by Gasteiger charge is 2.33. The maximum atomic E-state index is 12.0. The molecule has 0 amide bonds. The maximum absolute atomic E-state index is 12.0. The molecule has 9 nitrogen and oxygen atoms in total. The summed E-state index contributed by atoms with van der Waals surface area (Å²) in [6, 6.07) is 9.99. The monoisotopic (exact) mass is 542 g/mol. The van der Waals surface area contributed by atoms with Crippen LogP contribution in [-0.4, -0.2) is 60.8 Å². The largest absolute Gasteiger partial charge is 0.389 e. The lowest BCUT2D eigenvalue weighted by atomic mass is 9.83. The van der Waals surface area contributed by atoms with Crippen molar-refractivity contribution in [1.82, 2.24) is 24.3 Å². The molecule has 0 radical (unpaired) electrons. The van der Waals surface area contributed by atoms with E-state index >= 15 is 0 Å². The molecule has 1 atom stereocenters. The van der Waals surface area contributed by atoms with Crippen LogP contribution in [0.2, 0.25) is 0 Å². The zero-order valence-electron chi connectivity index (χ0n) is 23.6. The number of pyridine rings is 1. The van der Waals surface area contributed by atoms with E-state index in [1.54, 1.807) is 42.4 Å². The lowest BCUT2D eigenvalue weighted by Crippen LogP contribution is -2.50. The van der Waals surface area contributed by atoms with Gasteiger partial charge >= 0.3 is 0 Å². The summed E-state index contributed by atoms with van der Waals surface area (Å²) in [6.07, 6.45) is 11.8. The quantitative estimate of drug-likeness (QED) is 0.385. The molecule has 40 heavy (non-hydrogen) atoms. The van der Waals surface area contributed by atoms with Gasteiger partial charge in [0.05, 0.1) is 48.7 Å². The van der Waals surface area contributed by atoms with Crippen molar-refractivity contribution in [1.29, 1.82) is 0 Å². The van der Waals surface area contributed by atoms with Gasteiger partial charge in [-0.05, 0) is 61.9 Å². The maximum Gasteiger partial charge on any atom is 0.250 e. The van der Waals surface area contributed by atoms with Gasteiger partial charge in [0.1, 0.15) is 5.82 Å². The average Bonchev–Trinajstić information content (AvgIpc) is 3.41. The third kappa shape index (κ3) is 5.53. The van der Waals surface area contributed by atoms with Crippen LogP contribution >= 0.6 is 0 Å². The molecular formula is C31H38N6O3. The van der Waals surface area contributed by atoms with Crippen molar-refractivity contribution in [2.24, 2.45) is 13.0 Å². The Balaban J connectivity index is 1.48. The van der Waals surface area contributed by atoms with Crippen molar-refractivity contribution < 1.29 is 9.84 Å². The number of nitrogens with zero attached hydrogens (tertiary/aromatic N) is 6. The minimum Gasteiger partial charge on any atom is -0.389 e. The number of anilines is 1. The first-order valence-corrected chi connectivity index (χ1v) is 14.3. The van der Waals surface area contributed by atoms with E-state index in [4.69, 9.17) is 14.7 Å². The zero-order valence-corrected chi connectivity index (χ0v) is 23.6. The van der Waals surface area contributed by atoms with Gasteiger partial charge in [0.15, 0.2) is 5.82 Å². The minimum absolute atomic E-state index is 0.0352. The van der Waals surface area contributed by atoms with Crippen molar-refractivity contribution in [3.05, 3.63) is 59.3 Å². The lowest BCUT2D eigenvalue weighted by Gasteiger charge is -2.42. The number of aliphatic hydroxyl groups is 1. The van der Waals surface area contributed by atoms with Crippen LogP contribution in [-0.2, 0) is 18.3 Å². The number of fused-ring (bicyclic) bond motifs is 1. The molecule has 0 bridgehead atoms. The smallest absolute Gasteiger partial charge is 0.250 e. The van der Waals surface area contributed by atoms with Crippen LogP contribution in [0, 0.1) is 5.92 Å². The van der Waals surface area contributed by atoms with Gasteiger partial charge in [0, 0.05) is 37.4 Å². The van der Waals surface area contributed by atoms with Gasteiger partial charge in [0.2, 0.25) is 5.56 Å². The Morgan fingerprint density at radius 2 is 1.82 bits per heavy atom. The molecule has 1 aliphatic carbocycles. The van der Waals surface area contributed by atoms with E-state index in [0.717, 1.165) is 40.0 Å². The van der Waals surface area contributed by atoms with Crippen LogP contribution in [0.25, 0.3) is 33.4 Å². The van der Waals surface area contributed by atoms with Crippen LogP contribution < -0.4 is 10.5 Å². The molecule has 0 spiro atoms. The fraction of sp³-hybridized carbons (Fsp3) is 0.484. The molecule has 4 heterocycles. The molecule has 210 valence electrons. The Bertz CT molecular complexity index is 1560. The number of morpholine rings is 1. The van der Waals surface area contributed by atoms with Gasteiger partial charge in [0.25, 0.3) is 0 Å². The van der Waals surface area contributed by atoms with Crippen LogP contribution in [0.4, 0.5) is 5.82 Å². The van der Waals surface area contributed by atoms with Crippen molar-refractivity contribution in [2.45, 2.75) is 64.1 Å². The Kier molecular flexibility index (Phi) is 7.18. The molecule has 1 N–H and O–H groups in total. The molecule has 2 aliphatic rings. The average molecular weight is 543 g/mol. The highest BCUT2D eigenvalue weighted by molar-refractivity contribution is 5.94. The molecular weight excluding hydrogens is 504 g/mol. The third-order valence-corrected chi connectivity index (χ3v) is 8.17. The van der Waals surface area contributed by atoms with E-state index in [9.17, 15) is 9.90 Å². The summed E-state index contributed by atoms with van der Waals surface area (Å²) in [4.78, 5) is 24.7. The Labute approximate surface area is 234 Å². The predicted octanol–water partition coefficient (Wildman–Crippen LogP) is 4.42. The van der Waals surface area contributed by atoms with Crippen LogP contribution in [0.5, 0.6) is 0 Å². The number of aromatic nitrogens is 5. The number of hydrogen-bond donors (Lipinski definition) is 1. The van der Waals surface area contributed by atoms with Gasteiger partial charge < -0.3 is 19.3 Å². The summed E-state index contributed by atoms with van der Waals surface area (Å²) in [6.45, 7) is 6.05. The standard InChI is InChI=1S/C31H38N6O3/c1-31(2,39)20-36-18-24(16-32-36)29-33-26-11-9-22(23-10-12-28(38)35(3)17-23)15-25(26)30(34-29)37-13-14-40-19-27(37)21-7-5-4-6-8-21/h9-12,15-18,21,27,39H,4-8,13-14,19-20H2,1-3H3/t27-/m1/s1. The number of rotatable bonds is 6. The summed E-state index contributed by atoms with van der Waals surface area (Å²) in [7, 11) is 1.77. The van der Waals surface area contributed by atoms with Crippen molar-refractivity contribution in [2.75, 3.05) is 24.7 Å². The van der Waals surface area contributed by atoms with Gasteiger partial charge in [-0.15, -0.1) is 0 Å². The predicted molar refractivity (Wildman–Crippen MR) is 156 cm³/mol. The molecule has 1 saturated heterocycles. The molecule has 6 rings (SSSR count). The van der Waals surface area contributed by atoms with Crippen LogP contribution in [0.1, 0.15) is 46.0 Å². The third-order valence-electron chi connectivity index (χ3n) is 8.17. The molecule has 2 fully saturated rings. The summed E-state index contributed by atoms with van der Waals surface area (Å²) in [5.41, 5.74) is 2.75. The number of aryl methyl sites for hydroxylation is 1. The van der Waals surface area contributed by atoms with E-state index in [-0.39, 0.29) is 11.6 Å². The minimum atomic E-state index is -0.878. The van der Waals surface area contributed by atoms with Crippen LogP contribution in [0.15, 0.2) is 53.7 Å². The second-order valence-electron chi connectivity index (χ2n) is 11.9. The van der Waals surface area contributed by atoms with Crippen molar-refractivity contribution in [3.8, 4) is 22.5 Å². The first-order valence-electron chi connectivity index (χ1n) is 14.3. The molecule has 1 saturated carbocycles. The highest BCUT2D eigenvalue weighted by atomic mass is 16.5. The van der Waals surface area contributed by atoms with E-state index in [2.05, 4.69) is 22.1 Å². The van der Waals surface area contributed by atoms with E-state index in [1.807, 2.05) is 24.5 Å². The lowest BCUT2D eigenvalue weighted by molar-refractivity contribution is 0.0577. The van der Waals surface area contributed by atoms with Crippen molar-refractivity contribution >= 4 is 16.7 Å². The highest BCUT2D eigenvalue weighted by Crippen LogP contribution is 2.37. The van der Waals surface area contributed by atoms with Gasteiger partial charge in [-0.25, -0.2) is 9.97 Å². The van der Waals surface area contributed by atoms with E-state index < -0.39 is 5.60 Å². The fourth-order valence-corrected chi connectivity index (χ4v) is 6.16. The number of hydrogen-bond acceptors (Lipinski definition) is 7. The second kappa shape index (κ2) is 10.8. The molecule has 3 aromatic heterocycles. The topological polar surface area (TPSA) is 98.3 Å². The normalized spacial score (nSPS) is 18.9. The van der Waals surface area contributed by atoms with Crippen LogP contribution in [0.3, 0.4) is 0 Å². The summed E-state index contributed by atoms with van der Waals surface area (Å²) >= 11 is 0. The SMILES string of the molecule is Cn1cc(-c2ccc3nc(-c4cnn(CC(C)(C)O)c4)nc(N4CCOC[C@@H]4C4CCCCC4)c3c2)ccc1=O. The van der Waals surface area contributed by atoms with E-state index in [0.29, 0.717) is 31.5 Å². The molecule has 1 aliphatic heterocycles. The Morgan fingerprint density at radius 3 is 2.60 bits per heavy atom.